The van der Waals surface area contributed by atoms with Crippen LogP contribution >= 0.6 is 0 Å². The maximum Gasteiger partial charge on any atom is 0.292 e. The summed E-state index contributed by atoms with van der Waals surface area (Å²) in [7, 11) is 0. The van der Waals surface area contributed by atoms with Crippen molar-refractivity contribution in [3.8, 4) is 0 Å². The van der Waals surface area contributed by atoms with E-state index < -0.39 is 5.60 Å². The normalized spacial score (nSPS) is 11.7. The highest BCUT2D eigenvalue weighted by Gasteiger charge is 2.19. The van der Waals surface area contributed by atoms with Gasteiger partial charge in [-0.25, -0.2) is 0 Å². The molecule has 1 aromatic rings. The third-order valence-corrected chi connectivity index (χ3v) is 3.09. The van der Waals surface area contributed by atoms with Gasteiger partial charge < -0.3 is 10.4 Å². The Morgan fingerprint density at radius 1 is 1.38 bits per heavy atom. The van der Waals surface area contributed by atoms with Crippen LogP contribution in [0.3, 0.4) is 0 Å². The maximum atomic E-state index is 11.0. The lowest BCUT2D eigenvalue weighted by Gasteiger charge is -2.28. The first-order chi connectivity index (χ1) is 9.76. The van der Waals surface area contributed by atoms with Gasteiger partial charge in [0, 0.05) is 25.7 Å². The van der Waals surface area contributed by atoms with Crippen LogP contribution in [-0.4, -0.2) is 40.2 Å². The van der Waals surface area contributed by atoms with E-state index in [1.54, 1.807) is 19.9 Å². The van der Waals surface area contributed by atoms with E-state index in [9.17, 15) is 15.2 Å². The zero-order valence-corrected chi connectivity index (χ0v) is 13.2. The standard InChI is InChI=1S/C15H25N3O3/c1-5-16-13-9-12(7-8-14(13)18(20)21)10-17(6-2)11-15(3,4)19/h7-9,16,19H,5-6,10-11H2,1-4H3. The second-order valence-electron chi connectivity index (χ2n) is 5.75. The van der Waals surface area contributed by atoms with Crippen molar-refractivity contribution in [2.75, 3.05) is 25.0 Å². The molecule has 0 aliphatic carbocycles. The molecule has 0 unspecified atom stereocenters. The molecular weight excluding hydrogens is 270 g/mol. The number of nitrogens with one attached hydrogen (secondary N) is 1. The van der Waals surface area contributed by atoms with Gasteiger partial charge in [-0.05, 0) is 38.9 Å². The molecule has 2 N–H and O–H groups in total. The summed E-state index contributed by atoms with van der Waals surface area (Å²) in [6.45, 7) is 10.1. The van der Waals surface area contributed by atoms with Crippen LogP contribution in [0.15, 0.2) is 18.2 Å². The number of rotatable bonds is 8. The molecule has 0 bridgehead atoms. The van der Waals surface area contributed by atoms with Gasteiger partial charge >= 0.3 is 0 Å². The van der Waals surface area contributed by atoms with Gasteiger partial charge in [0.05, 0.1) is 10.5 Å². The third kappa shape index (κ3) is 5.69. The van der Waals surface area contributed by atoms with E-state index in [1.165, 1.54) is 6.07 Å². The van der Waals surface area contributed by atoms with Crippen molar-refractivity contribution < 1.29 is 10.0 Å². The Morgan fingerprint density at radius 2 is 2.05 bits per heavy atom. The SMILES string of the molecule is CCNc1cc(CN(CC)CC(C)(C)O)ccc1[N+](=O)[O-]. The van der Waals surface area contributed by atoms with Gasteiger partial charge in [-0.2, -0.15) is 0 Å². The zero-order chi connectivity index (χ0) is 16.0. The van der Waals surface area contributed by atoms with Crippen LogP contribution in [0.1, 0.15) is 33.3 Å². The highest BCUT2D eigenvalue weighted by atomic mass is 16.6. The fourth-order valence-corrected chi connectivity index (χ4v) is 2.26. The Labute approximate surface area is 125 Å². The zero-order valence-electron chi connectivity index (χ0n) is 13.2. The summed E-state index contributed by atoms with van der Waals surface area (Å²) in [4.78, 5) is 12.7. The molecule has 0 saturated heterocycles. The lowest BCUT2D eigenvalue weighted by Crippen LogP contribution is -2.38. The van der Waals surface area contributed by atoms with Crippen LogP contribution in [0.4, 0.5) is 11.4 Å². The highest BCUT2D eigenvalue weighted by molar-refractivity contribution is 5.62. The monoisotopic (exact) mass is 295 g/mol. The fraction of sp³-hybridized carbons (Fsp3) is 0.600. The number of aliphatic hydroxyl groups is 1. The molecular formula is C15H25N3O3. The smallest absolute Gasteiger partial charge is 0.292 e. The van der Waals surface area contributed by atoms with Gasteiger partial charge in [0.15, 0.2) is 0 Å². The van der Waals surface area contributed by atoms with Crippen molar-refractivity contribution in [3.05, 3.63) is 33.9 Å². The lowest BCUT2D eigenvalue weighted by molar-refractivity contribution is -0.384. The molecule has 0 spiro atoms. The number of likely N-dealkylation sites (N-methyl/N-ethyl adjacent to an activating group) is 1. The molecule has 1 rings (SSSR count). The molecule has 0 amide bonds. The topological polar surface area (TPSA) is 78.6 Å². The molecule has 1 aromatic carbocycles. The predicted molar refractivity (Wildman–Crippen MR) is 84.5 cm³/mol. The van der Waals surface area contributed by atoms with Crippen molar-refractivity contribution in [1.82, 2.24) is 4.90 Å². The minimum absolute atomic E-state index is 0.0890. The second kappa shape index (κ2) is 7.38. The number of nitrogens with zero attached hydrogens (tertiary/aromatic N) is 2. The Hall–Kier alpha value is -1.66. The van der Waals surface area contributed by atoms with E-state index in [-0.39, 0.29) is 10.6 Å². The number of hydrogen-bond donors (Lipinski definition) is 2. The summed E-state index contributed by atoms with van der Waals surface area (Å²) < 4.78 is 0. The number of nitro benzene ring substituents is 1. The van der Waals surface area contributed by atoms with Crippen LogP contribution in [0, 0.1) is 10.1 Å². The van der Waals surface area contributed by atoms with E-state index >= 15 is 0 Å². The number of nitro groups is 1. The molecule has 0 atom stereocenters. The number of anilines is 1. The van der Waals surface area contributed by atoms with Crippen molar-refractivity contribution in [2.24, 2.45) is 0 Å². The Bertz CT molecular complexity index is 484. The van der Waals surface area contributed by atoms with E-state index in [0.717, 1.165) is 12.1 Å². The van der Waals surface area contributed by atoms with Crippen LogP contribution < -0.4 is 5.32 Å². The molecule has 0 aliphatic rings. The van der Waals surface area contributed by atoms with Gasteiger partial charge in [0.2, 0.25) is 0 Å². The summed E-state index contributed by atoms with van der Waals surface area (Å²) in [5.41, 5.74) is 0.856. The Kier molecular flexibility index (Phi) is 6.11. The Morgan fingerprint density at radius 3 is 2.52 bits per heavy atom. The molecule has 118 valence electrons. The summed E-state index contributed by atoms with van der Waals surface area (Å²) in [6, 6.07) is 5.12. The quantitative estimate of drug-likeness (QED) is 0.569. The molecule has 21 heavy (non-hydrogen) atoms. The van der Waals surface area contributed by atoms with Gasteiger partial charge in [-0.1, -0.05) is 13.0 Å². The molecule has 6 nitrogen and oxygen atoms in total. The minimum Gasteiger partial charge on any atom is -0.389 e. The largest absolute Gasteiger partial charge is 0.389 e. The van der Waals surface area contributed by atoms with Crippen molar-refractivity contribution in [2.45, 2.75) is 39.8 Å². The van der Waals surface area contributed by atoms with E-state index in [2.05, 4.69) is 10.2 Å². The first-order valence-electron chi connectivity index (χ1n) is 7.22. The molecule has 0 fully saturated rings. The van der Waals surface area contributed by atoms with E-state index in [0.29, 0.717) is 25.3 Å². The lowest BCUT2D eigenvalue weighted by atomic mass is 10.1. The minimum atomic E-state index is -0.763. The fourth-order valence-electron chi connectivity index (χ4n) is 2.26. The third-order valence-electron chi connectivity index (χ3n) is 3.09. The van der Waals surface area contributed by atoms with Crippen LogP contribution in [0.25, 0.3) is 0 Å². The number of benzene rings is 1. The average Bonchev–Trinajstić information content (AvgIpc) is 2.36. The van der Waals surface area contributed by atoms with Crippen LogP contribution in [0.2, 0.25) is 0 Å². The molecule has 0 aliphatic heterocycles. The summed E-state index contributed by atoms with van der Waals surface area (Å²) in [5.74, 6) is 0. The van der Waals surface area contributed by atoms with Crippen LogP contribution in [-0.2, 0) is 6.54 Å². The highest BCUT2D eigenvalue weighted by Crippen LogP contribution is 2.26. The van der Waals surface area contributed by atoms with Crippen LogP contribution in [0.5, 0.6) is 0 Å². The van der Waals surface area contributed by atoms with Gasteiger partial charge in [-0.15, -0.1) is 0 Å². The van der Waals surface area contributed by atoms with E-state index in [1.807, 2.05) is 19.9 Å². The molecule has 6 heteroatoms. The predicted octanol–water partition coefficient (Wildman–Crippen LogP) is 2.62. The van der Waals surface area contributed by atoms with Gasteiger partial charge in [-0.3, -0.25) is 15.0 Å². The maximum absolute atomic E-state index is 11.0. The summed E-state index contributed by atoms with van der Waals surface area (Å²) in [6.07, 6.45) is 0. The average molecular weight is 295 g/mol. The summed E-state index contributed by atoms with van der Waals surface area (Å²) in [5, 5.41) is 23.9. The van der Waals surface area contributed by atoms with Crippen molar-refractivity contribution >= 4 is 11.4 Å². The molecule has 0 radical (unpaired) electrons. The van der Waals surface area contributed by atoms with E-state index in [4.69, 9.17) is 0 Å². The van der Waals surface area contributed by atoms with Crippen molar-refractivity contribution in [3.63, 3.8) is 0 Å². The first-order valence-corrected chi connectivity index (χ1v) is 7.22. The second-order valence-corrected chi connectivity index (χ2v) is 5.75. The summed E-state index contributed by atoms with van der Waals surface area (Å²) >= 11 is 0. The van der Waals surface area contributed by atoms with Gasteiger partial charge in [0.25, 0.3) is 5.69 Å². The number of hydrogen-bond acceptors (Lipinski definition) is 5. The van der Waals surface area contributed by atoms with Gasteiger partial charge in [0.1, 0.15) is 5.69 Å². The molecule has 0 aromatic heterocycles. The Balaban J connectivity index is 2.92. The molecule has 0 heterocycles. The first kappa shape index (κ1) is 17.4. The molecule has 0 saturated carbocycles. The van der Waals surface area contributed by atoms with Crippen molar-refractivity contribution in [1.29, 1.82) is 0 Å².